The Labute approximate surface area is 91.5 Å². The van der Waals surface area contributed by atoms with Crippen molar-refractivity contribution in [2.24, 2.45) is 5.92 Å². The number of hydrogen-bond acceptors (Lipinski definition) is 4. The van der Waals surface area contributed by atoms with E-state index >= 15 is 0 Å². The molecule has 0 amide bonds. The molecule has 0 aliphatic heterocycles. The van der Waals surface area contributed by atoms with Gasteiger partial charge in [-0.1, -0.05) is 25.9 Å². The summed E-state index contributed by atoms with van der Waals surface area (Å²) < 4.78 is 5.18. The fourth-order valence-electron chi connectivity index (χ4n) is 1.50. The van der Waals surface area contributed by atoms with Crippen LogP contribution in [0.15, 0.2) is 4.52 Å². The molecule has 4 nitrogen and oxygen atoms in total. The van der Waals surface area contributed by atoms with Gasteiger partial charge in [-0.15, -0.1) is 0 Å². The average Bonchev–Trinajstić information content (AvgIpc) is 2.51. The van der Waals surface area contributed by atoms with Gasteiger partial charge in [0.15, 0.2) is 5.82 Å². The molecular weight excluding hydrogens is 190 g/mol. The van der Waals surface area contributed by atoms with Crippen molar-refractivity contribution in [1.82, 2.24) is 15.5 Å². The molecule has 0 saturated carbocycles. The van der Waals surface area contributed by atoms with Crippen LogP contribution in [0.5, 0.6) is 0 Å². The highest BCUT2D eigenvalue weighted by Crippen LogP contribution is 2.06. The molecule has 15 heavy (non-hydrogen) atoms. The molecular formula is C11H21N3O. The average molecular weight is 211 g/mol. The van der Waals surface area contributed by atoms with Crippen LogP contribution in [0.25, 0.3) is 0 Å². The highest BCUT2D eigenvalue weighted by molar-refractivity contribution is 4.89. The lowest BCUT2D eigenvalue weighted by Crippen LogP contribution is -2.27. The number of hydrogen-bond donors (Lipinski definition) is 1. The van der Waals surface area contributed by atoms with Gasteiger partial charge in [-0.25, -0.2) is 0 Å². The topological polar surface area (TPSA) is 51.0 Å². The van der Waals surface area contributed by atoms with Crippen LogP contribution in [0.1, 0.15) is 39.4 Å². The molecule has 1 aromatic rings. The lowest BCUT2D eigenvalue weighted by atomic mass is 10.1. The molecule has 0 bridgehead atoms. The first-order chi connectivity index (χ1) is 7.11. The molecule has 1 rings (SSSR count). The molecule has 0 saturated heterocycles. The predicted octanol–water partition coefficient (Wildman–Crippen LogP) is 1.81. The van der Waals surface area contributed by atoms with Crippen LogP contribution >= 0.6 is 0 Å². The van der Waals surface area contributed by atoms with Crippen LogP contribution in [-0.4, -0.2) is 22.7 Å². The molecule has 1 unspecified atom stereocenters. The minimum absolute atomic E-state index is 0.391. The molecule has 0 fully saturated rings. The van der Waals surface area contributed by atoms with Crippen LogP contribution in [0, 0.1) is 5.92 Å². The largest absolute Gasteiger partial charge is 0.339 e. The molecule has 0 aromatic carbocycles. The second-order valence-corrected chi connectivity index (χ2v) is 4.37. The lowest BCUT2D eigenvalue weighted by Gasteiger charge is -2.07. The number of likely N-dealkylation sites (N-methyl/N-ethyl adjacent to an activating group) is 1. The van der Waals surface area contributed by atoms with E-state index < -0.39 is 0 Å². The van der Waals surface area contributed by atoms with Crippen molar-refractivity contribution in [3.05, 3.63) is 11.7 Å². The Morgan fingerprint density at radius 1 is 1.27 bits per heavy atom. The van der Waals surface area contributed by atoms with Crippen molar-refractivity contribution in [2.45, 2.75) is 46.6 Å². The number of rotatable bonds is 6. The Balaban J connectivity index is 2.45. The first-order valence-corrected chi connectivity index (χ1v) is 5.66. The fourth-order valence-corrected chi connectivity index (χ4v) is 1.50. The summed E-state index contributed by atoms with van der Waals surface area (Å²) in [6.45, 7) is 9.48. The molecule has 0 spiro atoms. The van der Waals surface area contributed by atoms with Crippen LogP contribution in [0.4, 0.5) is 0 Å². The van der Waals surface area contributed by atoms with Gasteiger partial charge in [0, 0.05) is 18.9 Å². The Kier molecular flexibility index (Phi) is 4.75. The Morgan fingerprint density at radius 2 is 2.00 bits per heavy atom. The van der Waals surface area contributed by atoms with Gasteiger partial charge in [0.05, 0.1) is 0 Å². The Hall–Kier alpha value is -0.900. The number of nitrogens with zero attached hydrogens (tertiary/aromatic N) is 2. The summed E-state index contributed by atoms with van der Waals surface area (Å²) in [7, 11) is 0. The molecule has 1 N–H and O–H groups in total. The monoisotopic (exact) mass is 211 g/mol. The van der Waals surface area contributed by atoms with E-state index in [2.05, 4.69) is 43.2 Å². The van der Waals surface area contributed by atoms with E-state index in [9.17, 15) is 0 Å². The summed E-state index contributed by atoms with van der Waals surface area (Å²) in [5, 5.41) is 7.27. The van der Waals surface area contributed by atoms with Gasteiger partial charge in [0.25, 0.3) is 0 Å². The standard InChI is InChI=1S/C11H21N3O/c1-5-12-9(4)7-11-13-10(14-15-11)6-8(2)3/h8-9,12H,5-7H2,1-4H3. The molecule has 0 aliphatic carbocycles. The molecule has 0 aliphatic rings. The fraction of sp³-hybridized carbons (Fsp3) is 0.818. The van der Waals surface area contributed by atoms with E-state index in [1.807, 2.05) is 0 Å². The zero-order valence-electron chi connectivity index (χ0n) is 10.1. The quantitative estimate of drug-likeness (QED) is 0.779. The van der Waals surface area contributed by atoms with Crippen molar-refractivity contribution < 1.29 is 4.52 Å². The van der Waals surface area contributed by atoms with E-state index in [0.717, 1.165) is 31.1 Å². The molecule has 1 aromatic heterocycles. The summed E-state index contributed by atoms with van der Waals surface area (Å²) >= 11 is 0. The van der Waals surface area contributed by atoms with Crippen molar-refractivity contribution in [3.63, 3.8) is 0 Å². The van der Waals surface area contributed by atoms with Gasteiger partial charge in [0.2, 0.25) is 5.89 Å². The summed E-state index contributed by atoms with van der Waals surface area (Å²) in [5.41, 5.74) is 0. The van der Waals surface area contributed by atoms with Gasteiger partial charge in [-0.2, -0.15) is 4.98 Å². The van der Waals surface area contributed by atoms with E-state index in [1.165, 1.54) is 0 Å². The molecule has 0 radical (unpaired) electrons. The minimum atomic E-state index is 0.391. The molecule has 86 valence electrons. The zero-order valence-corrected chi connectivity index (χ0v) is 10.1. The Bertz CT molecular complexity index is 283. The second kappa shape index (κ2) is 5.85. The molecule has 4 heteroatoms. The summed E-state index contributed by atoms with van der Waals surface area (Å²) in [6.07, 6.45) is 1.69. The maximum absolute atomic E-state index is 5.18. The smallest absolute Gasteiger partial charge is 0.228 e. The van der Waals surface area contributed by atoms with Crippen LogP contribution < -0.4 is 5.32 Å². The first-order valence-electron chi connectivity index (χ1n) is 5.66. The van der Waals surface area contributed by atoms with Gasteiger partial charge in [-0.3, -0.25) is 0 Å². The second-order valence-electron chi connectivity index (χ2n) is 4.37. The van der Waals surface area contributed by atoms with Crippen LogP contribution in [0.2, 0.25) is 0 Å². The highest BCUT2D eigenvalue weighted by atomic mass is 16.5. The SMILES string of the molecule is CCNC(C)Cc1nc(CC(C)C)no1. The highest BCUT2D eigenvalue weighted by Gasteiger charge is 2.10. The molecule has 1 atom stereocenters. The Morgan fingerprint density at radius 3 is 2.60 bits per heavy atom. The van der Waals surface area contributed by atoms with Gasteiger partial charge in [-0.05, 0) is 19.4 Å². The number of nitrogens with one attached hydrogen (secondary N) is 1. The minimum Gasteiger partial charge on any atom is -0.339 e. The van der Waals surface area contributed by atoms with E-state index in [1.54, 1.807) is 0 Å². The van der Waals surface area contributed by atoms with Crippen molar-refractivity contribution in [2.75, 3.05) is 6.54 Å². The van der Waals surface area contributed by atoms with Gasteiger partial charge >= 0.3 is 0 Å². The van der Waals surface area contributed by atoms with Crippen LogP contribution in [-0.2, 0) is 12.8 Å². The zero-order chi connectivity index (χ0) is 11.3. The summed E-state index contributed by atoms with van der Waals surface area (Å²) in [6, 6.07) is 0.391. The van der Waals surface area contributed by atoms with Crippen molar-refractivity contribution >= 4 is 0 Å². The molecule has 1 heterocycles. The van der Waals surface area contributed by atoms with Crippen molar-refractivity contribution in [3.8, 4) is 0 Å². The lowest BCUT2D eigenvalue weighted by molar-refractivity contribution is 0.357. The third-order valence-corrected chi connectivity index (χ3v) is 2.13. The van der Waals surface area contributed by atoms with E-state index in [0.29, 0.717) is 12.0 Å². The maximum Gasteiger partial charge on any atom is 0.228 e. The third kappa shape index (κ3) is 4.42. The summed E-state index contributed by atoms with van der Waals surface area (Å²) in [5.74, 6) is 2.13. The third-order valence-electron chi connectivity index (χ3n) is 2.13. The maximum atomic E-state index is 5.18. The van der Waals surface area contributed by atoms with E-state index in [4.69, 9.17) is 4.52 Å². The van der Waals surface area contributed by atoms with Crippen molar-refractivity contribution in [1.29, 1.82) is 0 Å². The van der Waals surface area contributed by atoms with Crippen LogP contribution in [0.3, 0.4) is 0 Å². The predicted molar refractivity (Wildman–Crippen MR) is 59.7 cm³/mol. The van der Waals surface area contributed by atoms with Gasteiger partial charge in [0.1, 0.15) is 0 Å². The first kappa shape index (κ1) is 12.2. The number of aromatic nitrogens is 2. The summed E-state index contributed by atoms with van der Waals surface area (Å²) in [4.78, 5) is 4.35. The van der Waals surface area contributed by atoms with Gasteiger partial charge < -0.3 is 9.84 Å². The normalized spacial score (nSPS) is 13.4. The van der Waals surface area contributed by atoms with E-state index in [-0.39, 0.29) is 0 Å².